The van der Waals surface area contributed by atoms with Gasteiger partial charge in [-0.1, -0.05) is 12.2 Å². The molecule has 1 spiro atoms. The molecule has 0 aromatic heterocycles. The van der Waals surface area contributed by atoms with E-state index in [1.165, 1.54) is 38.8 Å². The molecule has 0 saturated carbocycles. The van der Waals surface area contributed by atoms with Crippen LogP contribution in [0.4, 0.5) is 0 Å². The first kappa shape index (κ1) is 9.26. The summed E-state index contributed by atoms with van der Waals surface area (Å²) < 4.78 is 0. The van der Waals surface area contributed by atoms with Gasteiger partial charge in [0.15, 0.2) is 0 Å². The molecule has 1 aliphatic heterocycles. The lowest BCUT2D eigenvalue weighted by atomic mass is 9.78. The van der Waals surface area contributed by atoms with E-state index in [2.05, 4.69) is 30.9 Å². The van der Waals surface area contributed by atoms with E-state index in [1.54, 1.807) is 0 Å². The van der Waals surface area contributed by atoms with Gasteiger partial charge in [0.1, 0.15) is 0 Å². The van der Waals surface area contributed by atoms with E-state index < -0.39 is 0 Å². The Hall–Kier alpha value is -0.300. The molecular weight excluding hydrogens is 158 g/mol. The Labute approximate surface area is 81.8 Å². The van der Waals surface area contributed by atoms with Crippen LogP contribution < -0.4 is 0 Å². The van der Waals surface area contributed by atoms with E-state index in [0.29, 0.717) is 5.41 Å². The van der Waals surface area contributed by atoms with Crippen LogP contribution in [0.2, 0.25) is 0 Å². The van der Waals surface area contributed by atoms with Crippen LogP contribution in [-0.4, -0.2) is 24.0 Å². The molecular formula is C12H21N. The molecule has 1 nitrogen and oxygen atoms in total. The Kier molecular flexibility index (Phi) is 2.46. The fourth-order valence-electron chi connectivity index (χ4n) is 2.69. The summed E-state index contributed by atoms with van der Waals surface area (Å²) in [7, 11) is 0. The summed E-state index contributed by atoms with van der Waals surface area (Å²) in [4.78, 5) is 2.61. The number of hydrogen-bond acceptors (Lipinski definition) is 1. The molecule has 0 aromatic carbocycles. The topological polar surface area (TPSA) is 3.24 Å². The zero-order valence-corrected chi connectivity index (χ0v) is 8.92. The minimum atomic E-state index is 0.616. The highest BCUT2D eigenvalue weighted by Crippen LogP contribution is 2.41. The summed E-state index contributed by atoms with van der Waals surface area (Å²) in [6.45, 7) is 7.23. The van der Waals surface area contributed by atoms with Gasteiger partial charge in [-0.2, -0.15) is 0 Å². The van der Waals surface area contributed by atoms with Crippen molar-refractivity contribution in [1.82, 2.24) is 4.90 Å². The Balaban J connectivity index is 1.92. The maximum absolute atomic E-state index is 2.61. The molecule has 1 saturated heterocycles. The molecule has 0 radical (unpaired) electrons. The third-order valence-electron chi connectivity index (χ3n) is 3.80. The first-order chi connectivity index (χ1) is 6.22. The highest BCUT2D eigenvalue weighted by Gasteiger charge is 2.34. The van der Waals surface area contributed by atoms with Crippen molar-refractivity contribution in [3.8, 4) is 0 Å². The van der Waals surface area contributed by atoms with Crippen molar-refractivity contribution in [2.45, 2.75) is 45.6 Å². The van der Waals surface area contributed by atoms with E-state index in [0.717, 1.165) is 6.04 Å². The molecule has 0 unspecified atom stereocenters. The van der Waals surface area contributed by atoms with Crippen LogP contribution in [0.1, 0.15) is 39.5 Å². The number of allylic oxidation sites excluding steroid dienone is 2. The van der Waals surface area contributed by atoms with Crippen molar-refractivity contribution in [2.75, 3.05) is 13.1 Å². The molecule has 13 heavy (non-hydrogen) atoms. The summed E-state index contributed by atoms with van der Waals surface area (Å²) in [5.74, 6) is 0. The van der Waals surface area contributed by atoms with Gasteiger partial charge in [0, 0.05) is 6.04 Å². The number of likely N-dealkylation sites (tertiary alicyclic amines) is 1. The Morgan fingerprint density at radius 2 is 1.85 bits per heavy atom. The summed E-state index contributed by atoms with van der Waals surface area (Å²) in [6, 6.07) is 0.739. The van der Waals surface area contributed by atoms with Crippen molar-refractivity contribution in [3.05, 3.63) is 12.2 Å². The molecule has 2 aliphatic rings. The van der Waals surface area contributed by atoms with Gasteiger partial charge in [-0.05, 0) is 58.0 Å². The van der Waals surface area contributed by atoms with Gasteiger partial charge in [0.05, 0.1) is 0 Å². The molecule has 0 bridgehead atoms. The summed E-state index contributed by atoms with van der Waals surface area (Å²) in [5.41, 5.74) is 0.616. The van der Waals surface area contributed by atoms with Crippen LogP contribution in [0.5, 0.6) is 0 Å². The third-order valence-corrected chi connectivity index (χ3v) is 3.80. The number of piperidine rings is 1. The second-order valence-electron chi connectivity index (χ2n) is 4.93. The van der Waals surface area contributed by atoms with Gasteiger partial charge in [-0.25, -0.2) is 0 Å². The number of hydrogen-bond donors (Lipinski definition) is 0. The van der Waals surface area contributed by atoms with Gasteiger partial charge in [0.25, 0.3) is 0 Å². The van der Waals surface area contributed by atoms with Gasteiger partial charge < -0.3 is 4.90 Å². The van der Waals surface area contributed by atoms with E-state index >= 15 is 0 Å². The fourth-order valence-corrected chi connectivity index (χ4v) is 2.69. The van der Waals surface area contributed by atoms with E-state index in [-0.39, 0.29) is 0 Å². The lowest BCUT2D eigenvalue weighted by Crippen LogP contribution is -2.41. The van der Waals surface area contributed by atoms with Gasteiger partial charge in [-0.15, -0.1) is 0 Å². The zero-order chi connectivity index (χ0) is 9.31. The first-order valence-electron chi connectivity index (χ1n) is 5.64. The average molecular weight is 179 g/mol. The van der Waals surface area contributed by atoms with Gasteiger partial charge >= 0.3 is 0 Å². The zero-order valence-electron chi connectivity index (χ0n) is 8.92. The highest BCUT2D eigenvalue weighted by atomic mass is 15.2. The average Bonchev–Trinajstić information content (AvgIpc) is 2.54. The minimum absolute atomic E-state index is 0.616. The van der Waals surface area contributed by atoms with Gasteiger partial charge in [-0.3, -0.25) is 0 Å². The minimum Gasteiger partial charge on any atom is -0.301 e. The normalized spacial score (nSPS) is 27.6. The molecule has 1 heteroatoms. The van der Waals surface area contributed by atoms with E-state index in [4.69, 9.17) is 0 Å². The quantitative estimate of drug-likeness (QED) is 0.559. The number of nitrogens with zero attached hydrogens (tertiary/aromatic N) is 1. The first-order valence-corrected chi connectivity index (χ1v) is 5.64. The molecule has 1 aliphatic carbocycles. The summed E-state index contributed by atoms with van der Waals surface area (Å²) in [5, 5.41) is 0. The van der Waals surface area contributed by atoms with Crippen LogP contribution in [0.15, 0.2) is 12.2 Å². The van der Waals surface area contributed by atoms with Crippen molar-refractivity contribution in [3.63, 3.8) is 0 Å². The smallest absolute Gasteiger partial charge is 0.00386 e. The lowest BCUT2D eigenvalue weighted by molar-refractivity contribution is 0.112. The summed E-state index contributed by atoms with van der Waals surface area (Å²) in [6.07, 6.45) is 10.4. The van der Waals surface area contributed by atoms with Crippen molar-refractivity contribution < 1.29 is 0 Å². The number of rotatable bonds is 1. The Morgan fingerprint density at radius 3 is 2.31 bits per heavy atom. The molecule has 1 heterocycles. The predicted octanol–water partition coefficient (Wildman–Crippen LogP) is 2.83. The molecule has 74 valence electrons. The molecule has 0 N–H and O–H groups in total. The van der Waals surface area contributed by atoms with Gasteiger partial charge in [0.2, 0.25) is 0 Å². The van der Waals surface area contributed by atoms with Crippen LogP contribution in [0, 0.1) is 5.41 Å². The molecule has 0 aromatic rings. The second-order valence-corrected chi connectivity index (χ2v) is 4.93. The van der Waals surface area contributed by atoms with Crippen LogP contribution in [-0.2, 0) is 0 Å². The Bertz CT molecular complexity index is 197. The predicted molar refractivity (Wildman–Crippen MR) is 56.8 cm³/mol. The SMILES string of the molecule is CC(C)N1CCC2(C=CCC2)CC1. The molecule has 1 fully saturated rings. The Morgan fingerprint density at radius 1 is 1.15 bits per heavy atom. The van der Waals surface area contributed by atoms with E-state index in [9.17, 15) is 0 Å². The summed E-state index contributed by atoms with van der Waals surface area (Å²) >= 11 is 0. The standard InChI is InChI=1S/C12H21N/c1-11(2)13-9-7-12(8-10-13)5-3-4-6-12/h3,5,11H,4,6-10H2,1-2H3. The third kappa shape index (κ3) is 1.80. The largest absolute Gasteiger partial charge is 0.301 e. The molecule has 2 rings (SSSR count). The maximum Gasteiger partial charge on any atom is 0.00386 e. The van der Waals surface area contributed by atoms with Crippen molar-refractivity contribution in [1.29, 1.82) is 0 Å². The highest BCUT2D eigenvalue weighted by molar-refractivity contribution is 5.08. The van der Waals surface area contributed by atoms with Crippen LogP contribution in [0.25, 0.3) is 0 Å². The monoisotopic (exact) mass is 179 g/mol. The van der Waals surface area contributed by atoms with E-state index in [1.807, 2.05) is 0 Å². The molecule has 0 amide bonds. The second kappa shape index (κ2) is 3.45. The van der Waals surface area contributed by atoms with Crippen LogP contribution in [0.3, 0.4) is 0 Å². The van der Waals surface area contributed by atoms with Crippen LogP contribution >= 0.6 is 0 Å². The fraction of sp³-hybridized carbons (Fsp3) is 0.833. The van der Waals surface area contributed by atoms with Crippen molar-refractivity contribution >= 4 is 0 Å². The lowest BCUT2D eigenvalue weighted by Gasteiger charge is -2.40. The molecule has 0 atom stereocenters. The van der Waals surface area contributed by atoms with Crippen molar-refractivity contribution in [2.24, 2.45) is 5.41 Å². The maximum atomic E-state index is 2.61.